The number of unbranched alkanes of at least 4 members (excludes halogenated alkanes) is 2. The molecule has 0 aliphatic rings. The summed E-state index contributed by atoms with van der Waals surface area (Å²) in [5.41, 5.74) is 1.74. The van der Waals surface area contributed by atoms with Crippen molar-refractivity contribution in [1.82, 2.24) is 16.0 Å². The van der Waals surface area contributed by atoms with Crippen molar-refractivity contribution < 1.29 is 4.79 Å². The van der Waals surface area contributed by atoms with Crippen molar-refractivity contribution in [2.75, 3.05) is 20.1 Å². The van der Waals surface area contributed by atoms with E-state index < -0.39 is 0 Å². The molecule has 0 saturated carbocycles. The number of carbonyl (C=O) groups excluding carboxylic acids is 1. The van der Waals surface area contributed by atoms with Crippen LogP contribution in [0.25, 0.3) is 0 Å². The lowest BCUT2D eigenvalue weighted by Crippen LogP contribution is -2.37. The van der Waals surface area contributed by atoms with Crippen LogP contribution in [-0.2, 0) is 6.54 Å². The van der Waals surface area contributed by atoms with Gasteiger partial charge >= 0.3 is 0 Å². The van der Waals surface area contributed by atoms with Gasteiger partial charge in [0.25, 0.3) is 5.91 Å². The highest BCUT2D eigenvalue weighted by atomic mass is 127. The van der Waals surface area contributed by atoms with Crippen LogP contribution >= 0.6 is 24.0 Å². The van der Waals surface area contributed by atoms with E-state index >= 15 is 0 Å². The van der Waals surface area contributed by atoms with E-state index in [0.29, 0.717) is 18.7 Å². The van der Waals surface area contributed by atoms with Gasteiger partial charge in [0.15, 0.2) is 5.96 Å². The third-order valence-electron chi connectivity index (χ3n) is 3.28. The van der Waals surface area contributed by atoms with E-state index in [0.717, 1.165) is 24.5 Å². The number of hydrogen-bond acceptors (Lipinski definition) is 2. The molecule has 0 spiro atoms. The first-order chi connectivity index (χ1) is 10.7. The van der Waals surface area contributed by atoms with Gasteiger partial charge in [0.1, 0.15) is 0 Å². The molecule has 0 aliphatic heterocycles. The molecule has 5 nitrogen and oxygen atoms in total. The van der Waals surface area contributed by atoms with Gasteiger partial charge < -0.3 is 16.0 Å². The molecule has 1 aromatic rings. The molecule has 0 bridgehead atoms. The highest BCUT2D eigenvalue weighted by molar-refractivity contribution is 14.0. The van der Waals surface area contributed by atoms with Crippen molar-refractivity contribution >= 4 is 35.8 Å². The number of nitrogens with zero attached hydrogens (tertiary/aromatic N) is 1. The lowest BCUT2D eigenvalue weighted by atomic mass is 10.1. The van der Waals surface area contributed by atoms with Gasteiger partial charge in [-0.2, -0.15) is 0 Å². The number of nitrogens with one attached hydrogen (secondary N) is 3. The predicted octanol–water partition coefficient (Wildman–Crippen LogP) is 2.91. The fourth-order valence-electron chi connectivity index (χ4n) is 2.07. The summed E-state index contributed by atoms with van der Waals surface area (Å²) in [6, 6.07) is 7.63. The van der Waals surface area contributed by atoms with Gasteiger partial charge in [-0.15, -0.1) is 24.0 Å². The molecule has 0 saturated heterocycles. The minimum absolute atomic E-state index is 0. The Balaban J connectivity index is 0.00000484. The van der Waals surface area contributed by atoms with E-state index in [2.05, 4.69) is 27.9 Å². The van der Waals surface area contributed by atoms with E-state index in [4.69, 9.17) is 0 Å². The molecule has 1 amide bonds. The normalized spacial score (nSPS) is 10.7. The Hall–Kier alpha value is -1.31. The van der Waals surface area contributed by atoms with Gasteiger partial charge in [0.05, 0.1) is 0 Å². The molecule has 130 valence electrons. The molecule has 0 radical (unpaired) electrons. The van der Waals surface area contributed by atoms with E-state index in [9.17, 15) is 4.79 Å². The Morgan fingerprint density at radius 3 is 2.57 bits per heavy atom. The second-order valence-electron chi connectivity index (χ2n) is 5.12. The standard InChI is InChI=1S/C17H28N4O.HI/c1-4-6-7-11-20-17(18-3)21-13-14-9-8-10-15(12-14)16(22)19-5-2;/h8-10,12H,4-7,11,13H2,1-3H3,(H,19,22)(H2,18,20,21);1H. The first-order valence-corrected chi connectivity index (χ1v) is 8.02. The van der Waals surface area contributed by atoms with Gasteiger partial charge in [-0.3, -0.25) is 9.79 Å². The van der Waals surface area contributed by atoms with Crippen LogP contribution in [0.3, 0.4) is 0 Å². The first-order valence-electron chi connectivity index (χ1n) is 8.02. The Bertz CT molecular complexity index is 491. The highest BCUT2D eigenvalue weighted by Gasteiger charge is 2.05. The number of halogens is 1. The largest absolute Gasteiger partial charge is 0.356 e. The maximum Gasteiger partial charge on any atom is 0.251 e. The number of aliphatic imine (C=N–C) groups is 1. The number of rotatable bonds is 8. The highest BCUT2D eigenvalue weighted by Crippen LogP contribution is 2.05. The zero-order chi connectivity index (χ0) is 16.2. The Kier molecular flexibility index (Phi) is 12.4. The third-order valence-corrected chi connectivity index (χ3v) is 3.28. The van der Waals surface area contributed by atoms with Gasteiger partial charge in [-0.25, -0.2) is 0 Å². The zero-order valence-corrected chi connectivity index (χ0v) is 16.6. The Morgan fingerprint density at radius 2 is 1.91 bits per heavy atom. The molecule has 1 aromatic carbocycles. The van der Waals surface area contributed by atoms with Crippen molar-refractivity contribution in [3.05, 3.63) is 35.4 Å². The maximum atomic E-state index is 11.8. The summed E-state index contributed by atoms with van der Waals surface area (Å²) in [6.07, 6.45) is 3.57. The van der Waals surface area contributed by atoms with Crippen molar-refractivity contribution in [3.63, 3.8) is 0 Å². The quantitative estimate of drug-likeness (QED) is 0.256. The second kappa shape index (κ2) is 13.2. The van der Waals surface area contributed by atoms with Crippen LogP contribution in [0.1, 0.15) is 49.0 Å². The summed E-state index contributed by atoms with van der Waals surface area (Å²) >= 11 is 0. The first kappa shape index (κ1) is 21.7. The summed E-state index contributed by atoms with van der Waals surface area (Å²) in [4.78, 5) is 16.0. The van der Waals surface area contributed by atoms with E-state index in [-0.39, 0.29) is 29.9 Å². The monoisotopic (exact) mass is 432 g/mol. The minimum Gasteiger partial charge on any atom is -0.356 e. The van der Waals surface area contributed by atoms with Crippen LogP contribution in [0, 0.1) is 0 Å². The van der Waals surface area contributed by atoms with Crippen LogP contribution in [0.4, 0.5) is 0 Å². The minimum atomic E-state index is -0.0357. The summed E-state index contributed by atoms with van der Waals surface area (Å²) < 4.78 is 0. The number of guanidine groups is 1. The Morgan fingerprint density at radius 1 is 1.13 bits per heavy atom. The molecule has 0 atom stereocenters. The Labute approximate surface area is 156 Å². The van der Waals surface area contributed by atoms with Crippen LogP contribution in [-0.4, -0.2) is 32.0 Å². The van der Waals surface area contributed by atoms with Crippen LogP contribution in [0.15, 0.2) is 29.3 Å². The topological polar surface area (TPSA) is 65.5 Å². The number of carbonyl (C=O) groups is 1. The third kappa shape index (κ3) is 8.78. The van der Waals surface area contributed by atoms with Gasteiger partial charge in [0, 0.05) is 32.2 Å². The van der Waals surface area contributed by atoms with Gasteiger partial charge in [-0.1, -0.05) is 31.9 Å². The molecule has 0 aromatic heterocycles. The van der Waals surface area contributed by atoms with Gasteiger partial charge in [-0.05, 0) is 31.0 Å². The van der Waals surface area contributed by atoms with Crippen molar-refractivity contribution in [2.45, 2.75) is 39.7 Å². The van der Waals surface area contributed by atoms with Crippen LogP contribution in [0.5, 0.6) is 0 Å². The zero-order valence-electron chi connectivity index (χ0n) is 14.3. The van der Waals surface area contributed by atoms with Crippen LogP contribution in [0.2, 0.25) is 0 Å². The summed E-state index contributed by atoms with van der Waals surface area (Å²) in [5.74, 6) is 0.755. The molecular weight excluding hydrogens is 403 g/mol. The van der Waals surface area contributed by atoms with Crippen molar-refractivity contribution in [2.24, 2.45) is 4.99 Å². The van der Waals surface area contributed by atoms with Crippen LogP contribution < -0.4 is 16.0 Å². The SMILES string of the molecule is CCCCCNC(=NC)NCc1cccc(C(=O)NCC)c1.I. The van der Waals surface area contributed by atoms with E-state index in [1.807, 2.05) is 31.2 Å². The molecule has 23 heavy (non-hydrogen) atoms. The number of hydrogen-bond donors (Lipinski definition) is 3. The lowest BCUT2D eigenvalue weighted by molar-refractivity contribution is 0.0955. The lowest BCUT2D eigenvalue weighted by Gasteiger charge is -2.12. The van der Waals surface area contributed by atoms with Gasteiger partial charge in [0.2, 0.25) is 0 Å². The predicted molar refractivity (Wildman–Crippen MR) is 108 cm³/mol. The van der Waals surface area contributed by atoms with E-state index in [1.54, 1.807) is 7.05 Å². The molecule has 1 rings (SSSR count). The maximum absolute atomic E-state index is 11.8. The smallest absolute Gasteiger partial charge is 0.251 e. The molecular formula is C17H29IN4O. The summed E-state index contributed by atoms with van der Waals surface area (Å²) in [6.45, 7) is 6.30. The fraction of sp³-hybridized carbons (Fsp3) is 0.529. The molecule has 6 heteroatoms. The number of amides is 1. The molecule has 0 fully saturated rings. The summed E-state index contributed by atoms with van der Waals surface area (Å²) in [7, 11) is 1.76. The molecule has 3 N–H and O–H groups in total. The average Bonchev–Trinajstić information content (AvgIpc) is 2.55. The molecule has 0 aliphatic carbocycles. The summed E-state index contributed by atoms with van der Waals surface area (Å²) in [5, 5.41) is 9.37. The number of benzene rings is 1. The molecule has 0 heterocycles. The fourth-order valence-corrected chi connectivity index (χ4v) is 2.07. The van der Waals surface area contributed by atoms with Crippen molar-refractivity contribution in [1.29, 1.82) is 0 Å². The van der Waals surface area contributed by atoms with Crippen molar-refractivity contribution in [3.8, 4) is 0 Å². The second-order valence-corrected chi connectivity index (χ2v) is 5.12. The molecule has 0 unspecified atom stereocenters. The average molecular weight is 432 g/mol. The van der Waals surface area contributed by atoms with E-state index in [1.165, 1.54) is 12.8 Å².